The molecule has 3 heterocycles. The predicted octanol–water partition coefficient (Wildman–Crippen LogP) is 1.87. The third-order valence-electron chi connectivity index (χ3n) is 5.83. The minimum Gasteiger partial charge on any atom is -0.379 e. The van der Waals surface area contributed by atoms with E-state index in [0.717, 1.165) is 5.69 Å². The van der Waals surface area contributed by atoms with E-state index in [1.54, 1.807) is 30.5 Å². The van der Waals surface area contributed by atoms with E-state index in [-0.39, 0.29) is 5.69 Å². The van der Waals surface area contributed by atoms with Gasteiger partial charge in [-0.05, 0) is 25.1 Å². The third-order valence-corrected chi connectivity index (χ3v) is 7.86. The Kier molecular flexibility index (Phi) is 7.73. The van der Waals surface area contributed by atoms with E-state index in [9.17, 15) is 13.2 Å². The van der Waals surface area contributed by atoms with Gasteiger partial charge in [-0.2, -0.15) is 17.0 Å². The molecule has 0 aliphatic carbocycles. The topological polar surface area (TPSA) is 107 Å². The van der Waals surface area contributed by atoms with E-state index >= 15 is 4.39 Å². The van der Waals surface area contributed by atoms with Gasteiger partial charge in [0.2, 0.25) is 0 Å². The first kappa shape index (κ1) is 24.5. The number of pyridine rings is 1. The lowest BCUT2D eigenvalue weighted by Gasteiger charge is -2.37. The fraction of sp³-hybridized carbons (Fsp3) is 0.455. The van der Waals surface area contributed by atoms with Crippen LogP contribution in [0.15, 0.2) is 36.5 Å². The Morgan fingerprint density at radius 3 is 2.47 bits per heavy atom. The summed E-state index contributed by atoms with van der Waals surface area (Å²) in [5.74, 6) is -0.507. The molecular weight excluding hydrogens is 463 g/mol. The maximum atomic E-state index is 15.1. The molecule has 2 aromatic rings. The Morgan fingerprint density at radius 1 is 1.06 bits per heavy atom. The van der Waals surface area contributed by atoms with Gasteiger partial charge in [-0.15, -0.1) is 0 Å². The molecule has 2 amide bonds. The van der Waals surface area contributed by atoms with Crippen molar-refractivity contribution in [2.45, 2.75) is 13.5 Å². The lowest BCUT2D eigenvalue weighted by atomic mass is 10.1. The normalized spacial score (nSPS) is 18.5. The van der Waals surface area contributed by atoms with Gasteiger partial charge in [-0.1, -0.05) is 12.1 Å². The van der Waals surface area contributed by atoms with Crippen LogP contribution in [-0.4, -0.2) is 85.4 Å². The molecule has 0 atom stereocenters. The van der Waals surface area contributed by atoms with Crippen LogP contribution < -0.4 is 10.6 Å². The third kappa shape index (κ3) is 5.88. The number of ether oxygens (including phenoxy) is 1. The molecule has 2 fully saturated rings. The summed E-state index contributed by atoms with van der Waals surface area (Å²) in [6.07, 6.45) is 1.58. The molecule has 0 spiro atoms. The second kappa shape index (κ2) is 10.7. The lowest BCUT2D eigenvalue weighted by molar-refractivity contribution is 0.0683. The molecule has 0 radical (unpaired) electrons. The molecule has 2 aliphatic heterocycles. The van der Waals surface area contributed by atoms with Crippen molar-refractivity contribution in [1.29, 1.82) is 0 Å². The number of hydrogen-bond acceptors (Lipinski definition) is 6. The highest BCUT2D eigenvalue weighted by Gasteiger charge is 2.33. The lowest BCUT2D eigenvalue weighted by Crippen LogP contribution is -2.54. The summed E-state index contributed by atoms with van der Waals surface area (Å²) in [4.78, 5) is 18.4. The summed E-state index contributed by atoms with van der Waals surface area (Å²) in [5.41, 5.74) is 1.83. The minimum atomic E-state index is -3.51. The number of hydrogen-bond donors (Lipinski definition) is 2. The Bertz CT molecular complexity index is 1120. The minimum absolute atomic E-state index is 0.0781. The van der Waals surface area contributed by atoms with Gasteiger partial charge in [0.25, 0.3) is 10.2 Å². The molecule has 0 unspecified atom stereocenters. The molecule has 2 N–H and O–H groups in total. The number of aromatic nitrogens is 1. The highest BCUT2D eigenvalue weighted by molar-refractivity contribution is 7.86. The van der Waals surface area contributed by atoms with Crippen molar-refractivity contribution in [3.05, 3.63) is 53.6 Å². The van der Waals surface area contributed by atoms with E-state index in [4.69, 9.17) is 4.74 Å². The summed E-state index contributed by atoms with van der Waals surface area (Å²) in [6.45, 7) is 5.32. The number of nitrogens with zero attached hydrogens (tertiary/aromatic N) is 4. The molecule has 184 valence electrons. The maximum Gasteiger partial charge on any atom is 0.323 e. The summed E-state index contributed by atoms with van der Waals surface area (Å²) in [5, 5.41) is 5.22. The highest BCUT2D eigenvalue weighted by Crippen LogP contribution is 2.22. The van der Waals surface area contributed by atoms with Crippen LogP contribution in [0.5, 0.6) is 0 Å². The number of carbonyl (C=O) groups excluding carboxylic acids is 1. The summed E-state index contributed by atoms with van der Waals surface area (Å²) in [6, 6.07) is 7.67. The largest absolute Gasteiger partial charge is 0.379 e. The van der Waals surface area contributed by atoms with E-state index in [2.05, 4.69) is 15.6 Å². The number of halogens is 1. The first-order valence-corrected chi connectivity index (χ1v) is 12.6. The van der Waals surface area contributed by atoms with Crippen molar-refractivity contribution < 1.29 is 22.3 Å². The second-order valence-electron chi connectivity index (χ2n) is 8.24. The van der Waals surface area contributed by atoms with Gasteiger partial charge in [0.15, 0.2) is 5.82 Å². The second-order valence-corrected chi connectivity index (χ2v) is 10.2. The average molecular weight is 493 g/mol. The zero-order valence-electron chi connectivity index (χ0n) is 19.0. The van der Waals surface area contributed by atoms with Crippen LogP contribution in [0.25, 0.3) is 0 Å². The van der Waals surface area contributed by atoms with Crippen molar-refractivity contribution >= 4 is 27.6 Å². The van der Waals surface area contributed by atoms with Crippen LogP contribution in [0, 0.1) is 12.7 Å². The first-order valence-electron chi connectivity index (χ1n) is 11.2. The molecule has 34 heavy (non-hydrogen) atoms. The molecule has 2 aliphatic rings. The van der Waals surface area contributed by atoms with Crippen LogP contribution >= 0.6 is 0 Å². The fourth-order valence-electron chi connectivity index (χ4n) is 4.01. The van der Waals surface area contributed by atoms with Crippen molar-refractivity contribution in [2.75, 3.05) is 63.1 Å². The Labute approximate surface area is 198 Å². The van der Waals surface area contributed by atoms with Crippen LogP contribution in [0.4, 0.5) is 20.6 Å². The number of morpholine rings is 1. The number of benzene rings is 1. The smallest absolute Gasteiger partial charge is 0.323 e. The number of rotatable bonds is 6. The van der Waals surface area contributed by atoms with Crippen molar-refractivity contribution in [3.63, 3.8) is 0 Å². The zero-order chi connectivity index (χ0) is 24.1. The van der Waals surface area contributed by atoms with Gasteiger partial charge in [-0.25, -0.2) is 9.18 Å². The van der Waals surface area contributed by atoms with Gasteiger partial charge < -0.3 is 15.4 Å². The fourth-order valence-corrected chi connectivity index (χ4v) is 5.57. The van der Waals surface area contributed by atoms with Gasteiger partial charge in [0.05, 0.1) is 18.9 Å². The molecule has 12 heteroatoms. The highest BCUT2D eigenvalue weighted by atomic mass is 32.2. The van der Waals surface area contributed by atoms with Crippen LogP contribution in [0.2, 0.25) is 0 Å². The number of carbonyl (C=O) groups is 1. The van der Waals surface area contributed by atoms with Crippen LogP contribution in [-0.2, 0) is 21.5 Å². The zero-order valence-corrected chi connectivity index (χ0v) is 19.9. The van der Waals surface area contributed by atoms with Crippen molar-refractivity contribution in [2.24, 2.45) is 0 Å². The molecule has 4 rings (SSSR count). The van der Waals surface area contributed by atoms with E-state index in [1.807, 2.05) is 11.8 Å². The van der Waals surface area contributed by atoms with Gasteiger partial charge in [0.1, 0.15) is 0 Å². The number of piperazine rings is 1. The summed E-state index contributed by atoms with van der Waals surface area (Å²) < 4.78 is 48.9. The predicted molar refractivity (Wildman–Crippen MR) is 126 cm³/mol. The van der Waals surface area contributed by atoms with Crippen molar-refractivity contribution in [1.82, 2.24) is 18.5 Å². The van der Waals surface area contributed by atoms with Gasteiger partial charge in [-0.3, -0.25) is 9.88 Å². The van der Waals surface area contributed by atoms with E-state index < -0.39 is 22.1 Å². The van der Waals surface area contributed by atoms with Crippen molar-refractivity contribution in [3.8, 4) is 0 Å². The average Bonchev–Trinajstić information content (AvgIpc) is 2.82. The monoisotopic (exact) mass is 492 g/mol. The van der Waals surface area contributed by atoms with Gasteiger partial charge in [0, 0.05) is 69.0 Å². The summed E-state index contributed by atoms with van der Waals surface area (Å²) >= 11 is 0. The Hall–Kier alpha value is -2.64. The Balaban J connectivity index is 1.33. The van der Waals surface area contributed by atoms with E-state index in [1.165, 1.54) is 14.7 Å². The quantitative estimate of drug-likeness (QED) is 0.638. The molecule has 0 bridgehead atoms. The van der Waals surface area contributed by atoms with Crippen LogP contribution in [0.3, 0.4) is 0 Å². The molecule has 0 saturated carbocycles. The SMILES string of the molecule is Cc1cc(NC(=O)Nc2cccc(CN3CCN(S(=O)(=O)N4CCOCC4)CC3)c2F)ccn1. The first-order chi connectivity index (χ1) is 16.3. The standard InChI is InChI=1S/C22H29FN6O4S/c1-17-15-19(5-6-24-17)25-22(30)26-20-4-2-3-18(21(20)23)16-27-7-9-28(10-8-27)34(31,32)29-11-13-33-14-12-29/h2-6,15H,7-14,16H2,1H3,(H2,24,25,26,30). The number of aryl methyl sites for hydroxylation is 1. The number of amides is 2. The van der Waals surface area contributed by atoms with Gasteiger partial charge >= 0.3 is 6.03 Å². The molecule has 1 aromatic carbocycles. The molecular formula is C22H29FN6O4S. The summed E-state index contributed by atoms with van der Waals surface area (Å²) in [7, 11) is -3.51. The molecule has 10 nitrogen and oxygen atoms in total. The number of urea groups is 1. The van der Waals surface area contributed by atoms with E-state index in [0.29, 0.717) is 70.3 Å². The Morgan fingerprint density at radius 2 is 1.76 bits per heavy atom. The molecule has 2 saturated heterocycles. The number of nitrogens with one attached hydrogen (secondary N) is 2. The van der Waals surface area contributed by atoms with Crippen LogP contribution in [0.1, 0.15) is 11.3 Å². The maximum absolute atomic E-state index is 15.1. The number of anilines is 2. The molecule has 1 aromatic heterocycles.